The van der Waals surface area contributed by atoms with Crippen LogP contribution in [0.2, 0.25) is 0 Å². The summed E-state index contributed by atoms with van der Waals surface area (Å²) in [7, 11) is -2.23. The van der Waals surface area contributed by atoms with Crippen molar-refractivity contribution >= 4 is 20.9 Å². The Bertz CT molecular complexity index is 71.5. The van der Waals surface area contributed by atoms with Gasteiger partial charge in [0, 0.05) is 0 Å². The highest BCUT2D eigenvalue weighted by Crippen LogP contribution is 2.11. The van der Waals surface area contributed by atoms with E-state index in [-0.39, 0.29) is 0 Å². The molecule has 0 saturated heterocycles. The van der Waals surface area contributed by atoms with Crippen LogP contribution in [0.5, 0.6) is 0 Å². The molecule has 0 aliphatic heterocycles. The number of hydrogen-bond acceptors (Lipinski definition) is 4. The lowest BCUT2D eigenvalue weighted by molar-refractivity contribution is 0.546. The summed E-state index contributed by atoms with van der Waals surface area (Å²) < 4.78 is 3.62. The predicted molar refractivity (Wildman–Crippen MR) is 20.9 cm³/mol. The summed E-state index contributed by atoms with van der Waals surface area (Å²) in [4.78, 5) is 7.68. The molecule has 0 spiro atoms. The van der Waals surface area contributed by atoms with Crippen molar-refractivity contribution in [3.05, 3.63) is 0 Å². The van der Waals surface area contributed by atoms with Gasteiger partial charge in [0.2, 0.25) is 0 Å². The van der Waals surface area contributed by atoms with Crippen LogP contribution < -0.4 is 0 Å². The highest BCUT2D eigenvalue weighted by molar-refractivity contribution is 7.78. The van der Waals surface area contributed by atoms with Crippen LogP contribution in [0.3, 0.4) is 0 Å². The molecule has 0 rings (SSSR count). The van der Waals surface area contributed by atoms with Gasteiger partial charge < -0.3 is 4.89 Å². The molecule has 1 unspecified atom stereocenters. The van der Waals surface area contributed by atoms with Gasteiger partial charge in [0.1, 0.15) is 0 Å². The Morgan fingerprint density at radius 3 is 2.20 bits per heavy atom. The second-order valence-electron chi connectivity index (χ2n) is 0.334. The van der Waals surface area contributed by atoms with Crippen molar-refractivity contribution in [1.82, 2.24) is 0 Å². The number of nitrogens with zero attached hydrogens (tertiary/aromatic N) is 1. The van der Waals surface area contributed by atoms with E-state index < -0.39 is 8.01 Å². The van der Waals surface area contributed by atoms with Gasteiger partial charge in [-0.25, -0.2) is 3.97 Å². The second kappa shape index (κ2) is 2.51. The maximum Gasteiger partial charge on any atom is 0.345 e. The molecule has 0 fully saturated rings. The summed E-state index contributed by atoms with van der Waals surface area (Å²) in [5.74, 6) is 0. The molecule has 0 radical (unpaired) electrons. The quantitative estimate of drug-likeness (QED) is 0.274. The Labute approximate surface area is 35.7 Å². The fraction of sp³-hybridized carbons (Fsp3) is 0. The molecule has 0 aromatic carbocycles. The molecule has 30 valence electrons. The van der Waals surface area contributed by atoms with Crippen LogP contribution in [0, 0.1) is 5.00 Å². The van der Waals surface area contributed by atoms with Crippen LogP contribution in [0.15, 0.2) is 0 Å². The van der Waals surface area contributed by atoms with Crippen molar-refractivity contribution in [2.24, 2.45) is 0 Å². The Hall–Kier alpha value is 0.280. The minimum absolute atomic E-state index is 2.23. The Morgan fingerprint density at radius 1 is 2.00 bits per heavy atom. The van der Waals surface area contributed by atoms with E-state index in [1.807, 2.05) is 0 Å². The molecule has 5 heteroatoms. The summed E-state index contributed by atoms with van der Waals surface area (Å²) in [6.07, 6.45) is 0. The smallest absolute Gasteiger partial charge is 0.302 e. The number of hydrogen-bond donors (Lipinski definition) is 2. The van der Waals surface area contributed by atoms with Crippen molar-refractivity contribution in [2.75, 3.05) is 0 Å². The van der Waals surface area contributed by atoms with Crippen molar-refractivity contribution in [2.45, 2.75) is 0 Å². The zero-order chi connectivity index (χ0) is 4.28. The molecule has 0 aliphatic carbocycles. The molecule has 0 amide bonds. The lowest BCUT2D eigenvalue weighted by atomic mass is 14.0. The standard InChI is InChI=1S/H2NO2PS/c1-4(2)3-5/h2,5H. The Kier molecular flexibility index (Phi) is 2.65. The van der Waals surface area contributed by atoms with E-state index in [1.165, 1.54) is 0 Å². The minimum Gasteiger partial charge on any atom is -0.302 e. The highest BCUT2D eigenvalue weighted by Gasteiger charge is 1.74. The fourth-order valence-electron chi connectivity index (χ4n) is 0. The van der Waals surface area contributed by atoms with Crippen molar-refractivity contribution in [3.8, 4) is 0 Å². The van der Waals surface area contributed by atoms with Gasteiger partial charge in [-0.05, 0) is 12.9 Å². The summed E-state index contributed by atoms with van der Waals surface area (Å²) >= 11 is 3.04. The number of rotatable bonds is 0. The Balaban J connectivity index is 2.97. The topological polar surface area (TPSA) is 53.2 Å². The monoisotopic (exact) mass is 111 g/mol. The molecule has 0 aromatic heterocycles. The maximum atomic E-state index is 7.68. The first-order chi connectivity index (χ1) is 2.27. The van der Waals surface area contributed by atoms with Gasteiger partial charge in [-0.15, -0.1) is 0 Å². The van der Waals surface area contributed by atoms with Gasteiger partial charge >= 0.3 is 8.01 Å². The third kappa shape index (κ3) is 4.28. The first-order valence-corrected chi connectivity index (χ1v) is 2.30. The number of thiol groups is 1. The van der Waals surface area contributed by atoms with E-state index in [4.69, 9.17) is 9.90 Å². The van der Waals surface area contributed by atoms with E-state index in [1.54, 1.807) is 0 Å². The fourth-order valence-corrected chi connectivity index (χ4v) is 0. The molecule has 5 heavy (non-hydrogen) atoms. The highest BCUT2D eigenvalue weighted by atomic mass is 32.1. The molecule has 1 N–H and O–H groups in total. The largest absolute Gasteiger partial charge is 0.345 e. The summed E-state index contributed by atoms with van der Waals surface area (Å²) in [6.45, 7) is 0. The van der Waals surface area contributed by atoms with Gasteiger partial charge in [-0.2, -0.15) is 5.00 Å². The van der Waals surface area contributed by atoms with Crippen LogP contribution >= 0.6 is 20.9 Å². The zero-order valence-corrected chi connectivity index (χ0v) is 3.99. The van der Waals surface area contributed by atoms with Gasteiger partial charge in [0.05, 0.1) is 0 Å². The van der Waals surface area contributed by atoms with Crippen molar-refractivity contribution < 1.29 is 8.86 Å². The molecular formula is H2NO2PS. The lowest BCUT2D eigenvalue weighted by Crippen LogP contribution is -1.42. The molecule has 0 aromatic rings. The normalized spacial score (nSPS) is 11.0. The van der Waals surface area contributed by atoms with E-state index in [2.05, 4.69) is 16.9 Å². The zero-order valence-electron chi connectivity index (χ0n) is 2.20. The molecule has 0 bridgehead atoms. The van der Waals surface area contributed by atoms with Gasteiger partial charge in [0.25, 0.3) is 0 Å². The van der Waals surface area contributed by atoms with Gasteiger partial charge in [-0.1, -0.05) is 0 Å². The van der Waals surface area contributed by atoms with Crippen LogP contribution in [0.4, 0.5) is 0 Å². The summed E-state index contributed by atoms with van der Waals surface area (Å²) in [6, 6.07) is 0. The van der Waals surface area contributed by atoms with Crippen LogP contribution in [-0.4, -0.2) is 4.89 Å². The summed E-state index contributed by atoms with van der Waals surface area (Å²) in [5, 5.41) is 7.68. The van der Waals surface area contributed by atoms with Crippen molar-refractivity contribution in [1.29, 1.82) is 5.00 Å². The lowest BCUT2D eigenvalue weighted by Gasteiger charge is -1.70. The third-order valence-electron chi connectivity index (χ3n) is 0.0730. The molecule has 0 aliphatic rings. The predicted octanol–water partition coefficient (Wildman–Crippen LogP) is 0.631. The van der Waals surface area contributed by atoms with E-state index in [0.717, 1.165) is 0 Å². The third-order valence-corrected chi connectivity index (χ3v) is 0.657. The first-order valence-electron chi connectivity index (χ1n) is 0.765. The maximum absolute atomic E-state index is 7.68. The molecule has 3 nitrogen and oxygen atoms in total. The van der Waals surface area contributed by atoms with Crippen LogP contribution in [0.1, 0.15) is 0 Å². The van der Waals surface area contributed by atoms with Gasteiger partial charge in [-0.3, -0.25) is 0 Å². The molecular weight excluding hydrogens is 109 g/mol. The minimum atomic E-state index is -2.23. The van der Waals surface area contributed by atoms with Gasteiger partial charge in [0.15, 0.2) is 0 Å². The van der Waals surface area contributed by atoms with Crippen molar-refractivity contribution in [3.63, 3.8) is 0 Å². The second-order valence-corrected chi connectivity index (χ2v) is 1.49. The average Bonchev–Trinajstić information content (AvgIpc) is 1.38. The van der Waals surface area contributed by atoms with Crippen LogP contribution in [-0.2, 0) is 3.97 Å². The van der Waals surface area contributed by atoms with E-state index in [0.29, 0.717) is 0 Å². The van der Waals surface area contributed by atoms with Crippen LogP contribution in [0.25, 0.3) is 0 Å². The molecule has 1 atom stereocenters. The summed E-state index contributed by atoms with van der Waals surface area (Å²) in [5.41, 5.74) is 0. The SMILES string of the molecule is N#P(O)OS. The first kappa shape index (κ1) is 5.28. The Morgan fingerprint density at radius 2 is 2.20 bits per heavy atom. The molecule has 0 saturated carbocycles. The van der Waals surface area contributed by atoms with E-state index in [9.17, 15) is 0 Å². The van der Waals surface area contributed by atoms with E-state index >= 15 is 0 Å². The molecule has 0 heterocycles. The average molecular weight is 111 g/mol.